The molecule has 0 aliphatic rings. The summed E-state index contributed by atoms with van der Waals surface area (Å²) in [6.45, 7) is 8.40. The predicted octanol–water partition coefficient (Wildman–Crippen LogP) is 7.79. The first kappa shape index (κ1) is 26.4. The Labute approximate surface area is 199 Å². The normalized spacial score (nSPS) is 12.6. The third-order valence-corrected chi connectivity index (χ3v) is 6.02. The lowest BCUT2D eigenvalue weighted by atomic mass is 9.98. The summed E-state index contributed by atoms with van der Waals surface area (Å²) >= 11 is 0. The molecule has 0 saturated heterocycles. The molecule has 2 amide bonds. The molecule has 0 fully saturated rings. The largest absolute Gasteiger partial charge is 0.457 e. The van der Waals surface area contributed by atoms with Crippen molar-refractivity contribution in [1.82, 2.24) is 0 Å². The maximum atomic E-state index is 12.5. The molecule has 180 valence electrons. The van der Waals surface area contributed by atoms with Gasteiger partial charge in [0.15, 0.2) is 0 Å². The monoisotopic (exact) mass is 452 g/mol. The Morgan fingerprint density at radius 2 is 1.03 bits per heavy atom. The summed E-state index contributed by atoms with van der Waals surface area (Å²) in [6, 6.07) is 14.8. The molecule has 2 rings (SSSR count). The molecule has 0 radical (unpaired) electrons. The van der Waals surface area contributed by atoms with Crippen LogP contribution < -0.4 is 15.4 Å². The number of rotatable bonds is 14. The molecule has 5 heteroatoms. The van der Waals surface area contributed by atoms with Crippen LogP contribution in [0.4, 0.5) is 11.4 Å². The van der Waals surface area contributed by atoms with Gasteiger partial charge in [-0.3, -0.25) is 9.59 Å². The van der Waals surface area contributed by atoms with Gasteiger partial charge in [0, 0.05) is 23.2 Å². The fourth-order valence-corrected chi connectivity index (χ4v) is 3.78. The minimum absolute atomic E-state index is 0.0548. The van der Waals surface area contributed by atoms with Crippen LogP contribution in [0, 0.1) is 11.8 Å². The smallest absolute Gasteiger partial charge is 0.227 e. The number of carbonyl (C=O) groups excluding carboxylic acids is 2. The average molecular weight is 453 g/mol. The van der Waals surface area contributed by atoms with Crippen molar-refractivity contribution in [1.29, 1.82) is 0 Å². The summed E-state index contributed by atoms with van der Waals surface area (Å²) in [5.74, 6) is 1.65. The minimum atomic E-state index is 0.0548. The van der Waals surface area contributed by atoms with Gasteiger partial charge in [0.2, 0.25) is 11.8 Å². The molecule has 0 saturated carbocycles. The highest BCUT2D eigenvalue weighted by Crippen LogP contribution is 2.25. The summed E-state index contributed by atoms with van der Waals surface area (Å²) in [4.78, 5) is 24.9. The summed E-state index contributed by atoms with van der Waals surface area (Å²) in [5, 5.41) is 6.02. The fraction of sp³-hybridized carbons (Fsp3) is 0.500. The van der Waals surface area contributed by atoms with Crippen molar-refractivity contribution >= 4 is 23.2 Å². The Morgan fingerprint density at radius 1 is 0.667 bits per heavy atom. The topological polar surface area (TPSA) is 67.4 Å². The molecule has 2 unspecified atom stereocenters. The highest BCUT2D eigenvalue weighted by molar-refractivity contribution is 5.93. The zero-order valence-corrected chi connectivity index (χ0v) is 20.7. The molecule has 33 heavy (non-hydrogen) atoms. The van der Waals surface area contributed by atoms with E-state index < -0.39 is 0 Å². The van der Waals surface area contributed by atoms with Crippen LogP contribution >= 0.6 is 0 Å². The van der Waals surface area contributed by atoms with Crippen molar-refractivity contribution in [3.63, 3.8) is 0 Å². The van der Waals surface area contributed by atoms with Gasteiger partial charge < -0.3 is 15.4 Å². The summed E-state index contributed by atoms with van der Waals surface area (Å²) < 4.78 is 5.92. The first-order chi connectivity index (χ1) is 16.0. The molecule has 2 aromatic rings. The number of hydrogen-bond donors (Lipinski definition) is 2. The lowest BCUT2D eigenvalue weighted by Gasteiger charge is -2.15. The average Bonchev–Trinajstić information content (AvgIpc) is 2.82. The molecular weight excluding hydrogens is 412 g/mol. The molecule has 0 aliphatic carbocycles. The van der Waals surface area contributed by atoms with Crippen LogP contribution in [0.15, 0.2) is 48.5 Å². The fourth-order valence-electron chi connectivity index (χ4n) is 3.78. The van der Waals surface area contributed by atoms with E-state index in [1.54, 1.807) is 0 Å². The van der Waals surface area contributed by atoms with E-state index in [1.807, 2.05) is 48.5 Å². The quantitative estimate of drug-likeness (QED) is 0.307. The first-order valence-corrected chi connectivity index (χ1v) is 12.5. The summed E-state index contributed by atoms with van der Waals surface area (Å²) in [7, 11) is 0. The van der Waals surface area contributed by atoms with Gasteiger partial charge in [-0.05, 0) is 74.2 Å². The Bertz CT molecular complexity index is 775. The highest BCUT2D eigenvalue weighted by Gasteiger charge is 2.17. The molecule has 0 heterocycles. The Morgan fingerprint density at radius 3 is 1.33 bits per heavy atom. The van der Waals surface area contributed by atoms with E-state index in [2.05, 4.69) is 38.3 Å². The minimum Gasteiger partial charge on any atom is -0.457 e. The molecule has 0 aliphatic heterocycles. The van der Waals surface area contributed by atoms with E-state index >= 15 is 0 Å². The number of amides is 2. The molecule has 0 spiro atoms. The van der Waals surface area contributed by atoms with Gasteiger partial charge >= 0.3 is 0 Å². The van der Waals surface area contributed by atoms with Gasteiger partial charge in [-0.2, -0.15) is 0 Å². The van der Waals surface area contributed by atoms with Crippen molar-refractivity contribution in [3.8, 4) is 11.5 Å². The second-order valence-corrected chi connectivity index (χ2v) is 8.62. The third kappa shape index (κ3) is 8.91. The molecule has 5 nitrogen and oxygen atoms in total. The number of unbranched alkanes of at least 4 members (excludes halogenated alkanes) is 2. The molecule has 2 aromatic carbocycles. The van der Waals surface area contributed by atoms with Crippen molar-refractivity contribution in [3.05, 3.63) is 48.5 Å². The maximum Gasteiger partial charge on any atom is 0.227 e. The molecular formula is C28H40N2O3. The van der Waals surface area contributed by atoms with Gasteiger partial charge in [0.1, 0.15) is 11.5 Å². The zero-order chi connectivity index (χ0) is 24.1. The first-order valence-electron chi connectivity index (χ1n) is 12.5. The van der Waals surface area contributed by atoms with E-state index in [0.29, 0.717) is 11.5 Å². The van der Waals surface area contributed by atoms with Gasteiger partial charge in [-0.25, -0.2) is 0 Å². The summed E-state index contributed by atoms with van der Waals surface area (Å²) in [6.07, 6.45) is 7.88. The molecule has 2 atom stereocenters. The second-order valence-electron chi connectivity index (χ2n) is 8.62. The van der Waals surface area contributed by atoms with Gasteiger partial charge in [0.05, 0.1) is 0 Å². The standard InChI is InChI=1S/C28H40N2O3/c1-5-9-11-21(7-3)27(31)29-23-13-17-25(18-14-23)33-26-19-15-24(16-20-26)30-28(32)22(8-4)12-10-6-2/h13-22H,5-12H2,1-4H3,(H,29,31)(H,30,32). The van der Waals surface area contributed by atoms with Crippen molar-refractivity contribution in [2.75, 3.05) is 10.6 Å². The Hall–Kier alpha value is -2.82. The number of anilines is 2. The molecule has 2 N–H and O–H groups in total. The van der Waals surface area contributed by atoms with Gasteiger partial charge in [0.25, 0.3) is 0 Å². The van der Waals surface area contributed by atoms with Gasteiger partial charge in [-0.1, -0.05) is 53.4 Å². The van der Waals surface area contributed by atoms with E-state index in [4.69, 9.17) is 4.74 Å². The van der Waals surface area contributed by atoms with Crippen molar-refractivity contribution in [2.45, 2.75) is 79.1 Å². The van der Waals surface area contributed by atoms with Crippen LogP contribution in [0.2, 0.25) is 0 Å². The zero-order valence-electron chi connectivity index (χ0n) is 20.7. The number of nitrogens with one attached hydrogen (secondary N) is 2. The van der Waals surface area contributed by atoms with E-state index in [-0.39, 0.29) is 23.7 Å². The van der Waals surface area contributed by atoms with E-state index in [0.717, 1.165) is 62.7 Å². The van der Waals surface area contributed by atoms with Crippen molar-refractivity contribution < 1.29 is 14.3 Å². The van der Waals surface area contributed by atoms with E-state index in [9.17, 15) is 9.59 Å². The molecule has 0 bridgehead atoms. The van der Waals surface area contributed by atoms with Gasteiger partial charge in [-0.15, -0.1) is 0 Å². The predicted molar refractivity (Wildman–Crippen MR) is 137 cm³/mol. The van der Waals surface area contributed by atoms with Crippen LogP contribution in [-0.2, 0) is 9.59 Å². The SMILES string of the molecule is CCCCC(CC)C(=O)Nc1ccc(Oc2ccc(NC(=O)C(CC)CCCC)cc2)cc1. The lowest BCUT2D eigenvalue weighted by Crippen LogP contribution is -2.22. The maximum absolute atomic E-state index is 12.5. The van der Waals surface area contributed by atoms with Crippen LogP contribution in [0.25, 0.3) is 0 Å². The van der Waals surface area contributed by atoms with Crippen LogP contribution in [-0.4, -0.2) is 11.8 Å². The van der Waals surface area contributed by atoms with Crippen molar-refractivity contribution in [2.24, 2.45) is 11.8 Å². The number of carbonyl (C=O) groups is 2. The molecule has 0 aromatic heterocycles. The van der Waals surface area contributed by atoms with Crippen LogP contribution in [0.1, 0.15) is 79.1 Å². The van der Waals surface area contributed by atoms with Crippen LogP contribution in [0.3, 0.4) is 0 Å². The number of ether oxygens (including phenoxy) is 1. The highest BCUT2D eigenvalue weighted by atomic mass is 16.5. The summed E-state index contributed by atoms with van der Waals surface area (Å²) in [5.41, 5.74) is 1.54. The Kier molecular flexibility index (Phi) is 11.5. The second kappa shape index (κ2) is 14.4. The van der Waals surface area contributed by atoms with Crippen LogP contribution in [0.5, 0.6) is 11.5 Å². The lowest BCUT2D eigenvalue weighted by molar-refractivity contribution is -0.121. The number of benzene rings is 2. The third-order valence-electron chi connectivity index (χ3n) is 6.02. The van der Waals surface area contributed by atoms with E-state index in [1.165, 1.54) is 0 Å². The Balaban J connectivity index is 1.89. The number of hydrogen-bond acceptors (Lipinski definition) is 3.